The molecule has 1 N–H and O–H groups in total. The average Bonchev–Trinajstić information content (AvgIpc) is 2.98. The summed E-state index contributed by atoms with van der Waals surface area (Å²) in [6, 6.07) is 21.2. The van der Waals surface area contributed by atoms with E-state index in [4.69, 9.17) is 0 Å². The summed E-state index contributed by atoms with van der Waals surface area (Å²) in [6.45, 7) is 0.181. The normalized spacial score (nSPS) is 17.5. The predicted octanol–water partition coefficient (Wildman–Crippen LogP) is 3.18. The van der Waals surface area contributed by atoms with Gasteiger partial charge in [0, 0.05) is 5.92 Å². The molecular weight excluding hydrogens is 263 g/mol. The predicted molar refractivity (Wildman–Crippen MR) is 86.9 cm³/mol. The lowest BCUT2D eigenvalue weighted by molar-refractivity contribution is 0.273. The van der Waals surface area contributed by atoms with Crippen LogP contribution in [0, 0.1) is 5.92 Å². The molecule has 0 saturated heterocycles. The van der Waals surface area contributed by atoms with Gasteiger partial charge in [-0.25, -0.2) is 0 Å². The minimum absolute atomic E-state index is 0.154. The summed E-state index contributed by atoms with van der Waals surface area (Å²) in [5.74, 6) is 0.154. The fourth-order valence-electron chi connectivity index (χ4n) is 2.51. The maximum Gasteiger partial charge on any atom is 0.0535 e. The molecule has 0 amide bonds. The van der Waals surface area contributed by atoms with Crippen LogP contribution in [0.5, 0.6) is 0 Å². The van der Waals surface area contributed by atoms with E-state index in [-0.39, 0.29) is 12.5 Å². The molecule has 20 heavy (non-hydrogen) atoms. The van der Waals surface area contributed by atoms with Crippen molar-refractivity contribution in [3.05, 3.63) is 84.2 Å². The van der Waals surface area contributed by atoms with Gasteiger partial charge in [-0.1, -0.05) is 78.9 Å². The van der Waals surface area contributed by atoms with Crippen LogP contribution in [0.25, 0.3) is 0 Å². The third kappa shape index (κ3) is 2.60. The van der Waals surface area contributed by atoms with Crippen LogP contribution in [0.15, 0.2) is 84.2 Å². The number of allylic oxidation sites excluding steroid dienone is 2. The fraction of sp³-hybridized carbons (Fsp3) is 0.111. The van der Waals surface area contributed by atoms with Crippen LogP contribution in [0.4, 0.5) is 0 Å². The van der Waals surface area contributed by atoms with Gasteiger partial charge in [-0.05, 0) is 23.8 Å². The van der Waals surface area contributed by atoms with E-state index in [0.29, 0.717) is 0 Å². The van der Waals surface area contributed by atoms with Gasteiger partial charge in [0.25, 0.3) is 0 Å². The van der Waals surface area contributed by atoms with Gasteiger partial charge in [0.05, 0.1) is 6.61 Å². The van der Waals surface area contributed by atoms with Crippen LogP contribution >= 0.6 is 7.92 Å². The molecule has 100 valence electrons. The second kappa shape index (κ2) is 6.17. The Morgan fingerprint density at radius 1 is 0.850 bits per heavy atom. The van der Waals surface area contributed by atoms with Crippen molar-refractivity contribution in [2.24, 2.45) is 5.92 Å². The molecule has 0 bridgehead atoms. The zero-order valence-corrected chi connectivity index (χ0v) is 12.1. The van der Waals surface area contributed by atoms with E-state index in [2.05, 4.69) is 66.8 Å². The molecule has 0 aromatic heterocycles. The highest BCUT2D eigenvalue weighted by Crippen LogP contribution is 2.48. The smallest absolute Gasteiger partial charge is 0.0535 e. The van der Waals surface area contributed by atoms with Crippen molar-refractivity contribution in [1.29, 1.82) is 0 Å². The lowest BCUT2D eigenvalue weighted by Gasteiger charge is -2.24. The summed E-state index contributed by atoms with van der Waals surface area (Å²) >= 11 is 0. The van der Waals surface area contributed by atoms with E-state index in [1.54, 1.807) is 0 Å². The number of hydrogen-bond acceptors (Lipinski definition) is 1. The highest BCUT2D eigenvalue weighted by atomic mass is 31.1. The van der Waals surface area contributed by atoms with E-state index >= 15 is 0 Å². The standard InChI is InChI=1S/C18H17OP/c19-14-15-8-7-13-18(15)20(16-9-3-1-4-10-16)17-11-5-2-6-12-17/h1-13,15,19H,14H2. The van der Waals surface area contributed by atoms with Gasteiger partial charge < -0.3 is 5.11 Å². The molecule has 1 atom stereocenters. The molecule has 0 fully saturated rings. The van der Waals surface area contributed by atoms with Crippen molar-refractivity contribution in [2.45, 2.75) is 0 Å². The summed E-state index contributed by atoms with van der Waals surface area (Å²) in [6.07, 6.45) is 6.33. The van der Waals surface area contributed by atoms with Crippen LogP contribution in [-0.2, 0) is 0 Å². The van der Waals surface area contributed by atoms with Gasteiger partial charge in [0.1, 0.15) is 0 Å². The van der Waals surface area contributed by atoms with Gasteiger partial charge in [0.2, 0.25) is 0 Å². The number of benzene rings is 2. The molecule has 0 spiro atoms. The molecular formula is C18H17OP. The summed E-state index contributed by atoms with van der Waals surface area (Å²) in [7, 11) is -0.559. The minimum Gasteiger partial charge on any atom is -0.395 e. The Hall–Kier alpha value is -1.69. The Morgan fingerprint density at radius 2 is 1.40 bits per heavy atom. The maximum absolute atomic E-state index is 9.60. The third-order valence-electron chi connectivity index (χ3n) is 3.47. The fourth-order valence-corrected chi connectivity index (χ4v) is 5.08. The Balaban J connectivity index is 2.06. The number of aliphatic hydroxyl groups is 1. The van der Waals surface area contributed by atoms with E-state index in [9.17, 15) is 5.11 Å². The number of rotatable bonds is 4. The monoisotopic (exact) mass is 280 g/mol. The Labute approximate surface area is 121 Å². The second-order valence-corrected chi connectivity index (χ2v) is 6.99. The van der Waals surface area contributed by atoms with Crippen molar-refractivity contribution in [3.63, 3.8) is 0 Å². The van der Waals surface area contributed by atoms with Crippen molar-refractivity contribution in [1.82, 2.24) is 0 Å². The molecule has 0 aliphatic heterocycles. The van der Waals surface area contributed by atoms with Gasteiger partial charge in [-0.15, -0.1) is 0 Å². The molecule has 2 aromatic carbocycles. The van der Waals surface area contributed by atoms with Crippen molar-refractivity contribution < 1.29 is 5.11 Å². The summed E-state index contributed by atoms with van der Waals surface area (Å²) in [5, 5.41) is 13.6. The number of hydrogen-bond donors (Lipinski definition) is 1. The molecule has 1 aliphatic rings. The van der Waals surface area contributed by atoms with Crippen LogP contribution in [-0.4, -0.2) is 11.7 Å². The van der Waals surface area contributed by atoms with E-state index in [1.165, 1.54) is 15.9 Å². The molecule has 3 rings (SSSR count). The first-order valence-electron chi connectivity index (χ1n) is 6.79. The average molecular weight is 280 g/mol. The van der Waals surface area contributed by atoms with Crippen LogP contribution in [0.3, 0.4) is 0 Å². The molecule has 1 unspecified atom stereocenters. The Morgan fingerprint density at radius 3 is 1.90 bits per heavy atom. The molecule has 0 radical (unpaired) electrons. The van der Waals surface area contributed by atoms with Gasteiger partial charge in [-0.3, -0.25) is 0 Å². The van der Waals surface area contributed by atoms with Crippen molar-refractivity contribution >= 4 is 18.5 Å². The van der Waals surface area contributed by atoms with Crippen molar-refractivity contribution in [2.75, 3.05) is 6.61 Å². The highest BCUT2D eigenvalue weighted by Gasteiger charge is 2.25. The molecule has 0 saturated carbocycles. The van der Waals surface area contributed by atoms with E-state index in [1.807, 2.05) is 12.1 Å². The van der Waals surface area contributed by atoms with Gasteiger partial charge >= 0.3 is 0 Å². The minimum atomic E-state index is -0.559. The summed E-state index contributed by atoms with van der Waals surface area (Å²) in [5.41, 5.74) is 0. The van der Waals surface area contributed by atoms with E-state index in [0.717, 1.165) is 0 Å². The highest BCUT2D eigenvalue weighted by molar-refractivity contribution is 7.76. The van der Waals surface area contributed by atoms with Crippen LogP contribution < -0.4 is 10.6 Å². The molecule has 1 nitrogen and oxygen atoms in total. The zero-order chi connectivity index (χ0) is 13.8. The summed E-state index contributed by atoms with van der Waals surface area (Å²) < 4.78 is 0. The second-order valence-electron chi connectivity index (χ2n) is 4.77. The Kier molecular flexibility index (Phi) is 4.11. The zero-order valence-electron chi connectivity index (χ0n) is 11.2. The molecule has 2 heteroatoms. The SMILES string of the molecule is OCC1C=CC=C1P(c1ccccc1)c1ccccc1. The van der Waals surface area contributed by atoms with E-state index < -0.39 is 7.92 Å². The van der Waals surface area contributed by atoms with Crippen LogP contribution in [0.1, 0.15) is 0 Å². The van der Waals surface area contributed by atoms with Crippen LogP contribution in [0.2, 0.25) is 0 Å². The summed E-state index contributed by atoms with van der Waals surface area (Å²) in [4.78, 5) is 0. The first kappa shape index (κ1) is 13.3. The maximum atomic E-state index is 9.60. The largest absolute Gasteiger partial charge is 0.395 e. The Bertz CT molecular complexity index is 577. The lowest BCUT2D eigenvalue weighted by Crippen LogP contribution is -2.16. The first-order valence-corrected chi connectivity index (χ1v) is 8.14. The molecule has 0 heterocycles. The van der Waals surface area contributed by atoms with Crippen molar-refractivity contribution in [3.8, 4) is 0 Å². The third-order valence-corrected chi connectivity index (χ3v) is 6.10. The van der Waals surface area contributed by atoms with Gasteiger partial charge in [0.15, 0.2) is 0 Å². The molecule has 2 aromatic rings. The lowest BCUT2D eigenvalue weighted by atomic mass is 10.2. The quantitative estimate of drug-likeness (QED) is 0.853. The van der Waals surface area contributed by atoms with Gasteiger partial charge in [-0.2, -0.15) is 0 Å². The first-order chi connectivity index (χ1) is 9.90. The number of aliphatic hydroxyl groups excluding tert-OH is 1. The topological polar surface area (TPSA) is 20.2 Å². The molecule has 1 aliphatic carbocycles.